The van der Waals surface area contributed by atoms with Crippen molar-refractivity contribution < 1.29 is 28.2 Å². The van der Waals surface area contributed by atoms with E-state index in [0.717, 1.165) is 0 Å². The lowest BCUT2D eigenvalue weighted by molar-refractivity contribution is -0.280. The highest BCUT2D eigenvalue weighted by atomic mass is 32.2. The van der Waals surface area contributed by atoms with Gasteiger partial charge in [0.05, 0.1) is 12.3 Å². The molecule has 1 fully saturated rings. The first-order valence-corrected chi connectivity index (χ1v) is 5.84. The van der Waals surface area contributed by atoms with Crippen molar-refractivity contribution in [3.05, 3.63) is 0 Å². The standard InChI is InChI=1S/C8H9F3N4O3S/c9-8(10,11)7(18)3-19-5(15(7)4-12)13-1-2-14-6(16)17/h14,18H,1-3H2,(H,16,17)/b13-5-. The molecule has 1 saturated heterocycles. The summed E-state index contributed by atoms with van der Waals surface area (Å²) in [6.45, 7) is -0.246. The summed E-state index contributed by atoms with van der Waals surface area (Å²) in [6.07, 6.45) is -5.05. The summed E-state index contributed by atoms with van der Waals surface area (Å²) < 4.78 is 37.9. The van der Waals surface area contributed by atoms with Crippen LogP contribution in [0.1, 0.15) is 0 Å². The Morgan fingerprint density at radius 3 is 2.79 bits per heavy atom. The maximum absolute atomic E-state index is 12.6. The number of alkyl halides is 3. The Morgan fingerprint density at radius 1 is 1.68 bits per heavy atom. The van der Waals surface area contributed by atoms with E-state index in [2.05, 4.69) is 4.99 Å². The van der Waals surface area contributed by atoms with Crippen molar-refractivity contribution in [3.8, 4) is 6.19 Å². The van der Waals surface area contributed by atoms with Crippen molar-refractivity contribution in [1.29, 1.82) is 5.26 Å². The molecule has 11 heteroatoms. The number of carboxylic acid groups (broad SMARTS) is 1. The van der Waals surface area contributed by atoms with Gasteiger partial charge in [-0.05, 0) is 0 Å². The van der Waals surface area contributed by atoms with Gasteiger partial charge in [-0.2, -0.15) is 18.4 Å². The number of amides is 1. The van der Waals surface area contributed by atoms with Crippen LogP contribution in [0.5, 0.6) is 0 Å². The van der Waals surface area contributed by atoms with E-state index in [-0.39, 0.29) is 23.2 Å². The normalized spacial score (nSPS) is 25.4. The van der Waals surface area contributed by atoms with Gasteiger partial charge in [-0.25, -0.2) is 9.69 Å². The Morgan fingerprint density at radius 2 is 2.32 bits per heavy atom. The zero-order valence-electron chi connectivity index (χ0n) is 9.31. The second kappa shape index (κ2) is 5.54. The maximum Gasteiger partial charge on any atom is 0.438 e. The number of aliphatic imine (C=N–C) groups is 1. The van der Waals surface area contributed by atoms with E-state index in [1.165, 1.54) is 6.19 Å². The molecule has 3 N–H and O–H groups in total. The van der Waals surface area contributed by atoms with Crippen LogP contribution in [0.3, 0.4) is 0 Å². The Labute approximate surface area is 109 Å². The molecule has 0 radical (unpaired) electrons. The second-order valence-corrected chi connectivity index (χ2v) is 4.38. The van der Waals surface area contributed by atoms with Crippen molar-refractivity contribution in [2.75, 3.05) is 18.8 Å². The van der Waals surface area contributed by atoms with Crippen LogP contribution in [0.2, 0.25) is 0 Å². The average Bonchev–Trinajstić information content (AvgIpc) is 2.62. The third kappa shape index (κ3) is 3.21. The molecule has 1 heterocycles. The Bertz CT molecular complexity index is 436. The number of rotatable bonds is 3. The number of hydrogen-bond acceptors (Lipinski definition) is 5. The minimum Gasteiger partial charge on any atom is -0.465 e. The lowest BCUT2D eigenvalue weighted by atomic mass is 10.2. The molecule has 0 saturated carbocycles. The van der Waals surface area contributed by atoms with Gasteiger partial charge in [-0.1, -0.05) is 11.8 Å². The molecule has 0 aromatic heterocycles. The third-order valence-corrected chi connectivity index (χ3v) is 3.27. The van der Waals surface area contributed by atoms with Crippen LogP contribution in [0.4, 0.5) is 18.0 Å². The fourth-order valence-corrected chi connectivity index (χ4v) is 2.34. The molecular formula is C8H9F3N4O3S. The zero-order valence-corrected chi connectivity index (χ0v) is 10.1. The number of hydrogen-bond donors (Lipinski definition) is 3. The molecule has 7 nitrogen and oxygen atoms in total. The largest absolute Gasteiger partial charge is 0.465 e. The summed E-state index contributed by atoms with van der Waals surface area (Å²) in [7, 11) is 0. The monoisotopic (exact) mass is 298 g/mol. The molecule has 1 atom stereocenters. The van der Waals surface area contributed by atoms with Crippen LogP contribution in [0.25, 0.3) is 0 Å². The van der Waals surface area contributed by atoms with E-state index in [1.54, 1.807) is 0 Å². The van der Waals surface area contributed by atoms with Gasteiger partial charge >= 0.3 is 12.3 Å². The molecule has 19 heavy (non-hydrogen) atoms. The van der Waals surface area contributed by atoms with Crippen molar-refractivity contribution >= 4 is 23.0 Å². The SMILES string of the molecule is N#CN1/C(=N/CCNC(=O)O)SCC1(O)C(F)(F)F. The van der Waals surface area contributed by atoms with Gasteiger partial charge in [-0.3, -0.25) is 4.99 Å². The predicted octanol–water partition coefficient (Wildman–Crippen LogP) is 0.391. The number of nitriles is 1. The smallest absolute Gasteiger partial charge is 0.438 e. The lowest BCUT2D eigenvalue weighted by Crippen LogP contribution is -2.56. The molecular weight excluding hydrogens is 289 g/mol. The molecule has 0 aromatic rings. The van der Waals surface area contributed by atoms with E-state index in [4.69, 9.17) is 10.4 Å². The van der Waals surface area contributed by atoms with Gasteiger partial charge < -0.3 is 15.5 Å². The van der Waals surface area contributed by atoms with Crippen LogP contribution in [0.15, 0.2) is 4.99 Å². The van der Waals surface area contributed by atoms with Crippen molar-refractivity contribution in [3.63, 3.8) is 0 Å². The molecule has 1 aliphatic rings. The van der Waals surface area contributed by atoms with Crippen molar-refractivity contribution in [2.24, 2.45) is 4.99 Å². The first kappa shape index (κ1) is 15.4. The number of halogens is 3. The van der Waals surface area contributed by atoms with Crippen LogP contribution in [-0.4, -0.2) is 57.1 Å². The van der Waals surface area contributed by atoms with Crippen LogP contribution in [0, 0.1) is 11.5 Å². The first-order valence-electron chi connectivity index (χ1n) is 4.85. The number of amidine groups is 1. The van der Waals surface area contributed by atoms with Gasteiger partial charge in [0.1, 0.15) is 0 Å². The zero-order chi connectivity index (χ0) is 14.7. The van der Waals surface area contributed by atoms with E-state index in [0.29, 0.717) is 11.8 Å². The summed E-state index contributed by atoms with van der Waals surface area (Å²) in [5, 5.41) is 28.1. The molecule has 0 aliphatic carbocycles. The summed E-state index contributed by atoms with van der Waals surface area (Å²) in [4.78, 5) is 13.9. The highest BCUT2D eigenvalue weighted by Gasteiger charge is 2.63. The third-order valence-electron chi connectivity index (χ3n) is 2.15. The fourth-order valence-electron chi connectivity index (χ4n) is 1.22. The van der Waals surface area contributed by atoms with Gasteiger partial charge in [0, 0.05) is 6.54 Å². The minimum absolute atomic E-state index is 0.0818. The van der Waals surface area contributed by atoms with Crippen LogP contribution >= 0.6 is 11.8 Å². The van der Waals surface area contributed by atoms with Crippen molar-refractivity contribution in [2.45, 2.75) is 11.9 Å². The van der Waals surface area contributed by atoms with E-state index < -0.39 is 23.7 Å². The molecule has 106 valence electrons. The average molecular weight is 298 g/mol. The minimum atomic E-state index is -4.99. The van der Waals surface area contributed by atoms with E-state index in [1.807, 2.05) is 5.32 Å². The van der Waals surface area contributed by atoms with E-state index >= 15 is 0 Å². The number of nitrogens with zero attached hydrogens (tertiary/aromatic N) is 3. The molecule has 1 aliphatic heterocycles. The molecule has 0 bridgehead atoms. The van der Waals surface area contributed by atoms with Gasteiger partial charge in [0.15, 0.2) is 11.4 Å². The molecule has 0 aromatic carbocycles. The topological polar surface area (TPSA) is 109 Å². The van der Waals surface area contributed by atoms with E-state index in [9.17, 15) is 23.1 Å². The summed E-state index contributed by atoms with van der Waals surface area (Å²) >= 11 is 0.576. The molecule has 1 amide bonds. The van der Waals surface area contributed by atoms with Crippen LogP contribution < -0.4 is 5.32 Å². The first-order chi connectivity index (χ1) is 8.72. The highest BCUT2D eigenvalue weighted by Crippen LogP contribution is 2.42. The summed E-state index contributed by atoms with van der Waals surface area (Å²) in [6, 6.07) is 0. The number of carbonyl (C=O) groups is 1. The Balaban J connectivity index is 2.76. The second-order valence-electron chi connectivity index (χ2n) is 3.43. The highest BCUT2D eigenvalue weighted by molar-refractivity contribution is 8.14. The van der Waals surface area contributed by atoms with Crippen molar-refractivity contribution in [1.82, 2.24) is 10.2 Å². The molecule has 1 unspecified atom stereocenters. The number of aliphatic hydroxyl groups is 1. The predicted molar refractivity (Wildman–Crippen MR) is 59.2 cm³/mol. The summed E-state index contributed by atoms with van der Waals surface area (Å²) in [5.41, 5.74) is -3.27. The Kier molecular flexibility index (Phi) is 4.48. The van der Waals surface area contributed by atoms with Gasteiger partial charge in [0.2, 0.25) is 0 Å². The molecule has 0 spiro atoms. The maximum atomic E-state index is 12.6. The summed E-state index contributed by atoms with van der Waals surface area (Å²) in [5.74, 6) is -0.769. The number of thioether (sulfide) groups is 1. The van der Waals surface area contributed by atoms with Gasteiger partial charge in [0.25, 0.3) is 5.72 Å². The Hall–Kier alpha value is -1.67. The quantitative estimate of drug-likeness (QED) is 0.514. The number of nitrogens with one attached hydrogen (secondary N) is 1. The van der Waals surface area contributed by atoms with Crippen LogP contribution in [-0.2, 0) is 0 Å². The fraction of sp³-hybridized carbons (Fsp3) is 0.625. The molecule has 1 rings (SSSR count). The van der Waals surface area contributed by atoms with Gasteiger partial charge in [-0.15, -0.1) is 0 Å². The lowest BCUT2D eigenvalue weighted by Gasteiger charge is -2.29.